The van der Waals surface area contributed by atoms with Crippen molar-refractivity contribution in [2.75, 3.05) is 0 Å². The Hall–Kier alpha value is -1.48. The first-order valence-electron chi connectivity index (χ1n) is 4.76. The second-order valence-corrected chi connectivity index (χ2v) is 4.12. The van der Waals surface area contributed by atoms with E-state index in [1.54, 1.807) is 0 Å². The number of fused-ring (bicyclic) bond motifs is 1. The summed E-state index contributed by atoms with van der Waals surface area (Å²) >= 11 is 4.94. The molecule has 0 amide bonds. The van der Waals surface area contributed by atoms with Gasteiger partial charge in [0, 0.05) is 16.6 Å². The van der Waals surface area contributed by atoms with Crippen LogP contribution >= 0.6 is 12.2 Å². The highest BCUT2D eigenvalue weighted by atomic mass is 32.1. The Balaban J connectivity index is 2.76. The second-order valence-electron chi connectivity index (χ2n) is 3.68. The summed E-state index contributed by atoms with van der Waals surface area (Å²) in [5.74, 6) is 0. The summed E-state index contributed by atoms with van der Waals surface area (Å²) in [5.41, 5.74) is 9.65. The minimum Gasteiger partial charge on any atom is -0.389 e. The molecule has 0 saturated carbocycles. The van der Waals surface area contributed by atoms with Crippen molar-refractivity contribution < 1.29 is 0 Å². The van der Waals surface area contributed by atoms with E-state index in [0.29, 0.717) is 4.99 Å². The Labute approximate surface area is 94.1 Å². The molecule has 3 heteroatoms. The average molecular weight is 216 g/mol. The average Bonchev–Trinajstić information content (AvgIpc) is 2.16. The highest BCUT2D eigenvalue weighted by Gasteiger charge is 2.03. The molecule has 0 bridgehead atoms. The van der Waals surface area contributed by atoms with Gasteiger partial charge in [0.2, 0.25) is 0 Å². The van der Waals surface area contributed by atoms with Gasteiger partial charge < -0.3 is 5.73 Å². The Morgan fingerprint density at radius 3 is 2.67 bits per heavy atom. The van der Waals surface area contributed by atoms with E-state index in [4.69, 9.17) is 18.0 Å². The zero-order valence-corrected chi connectivity index (χ0v) is 9.56. The molecule has 2 nitrogen and oxygen atoms in total. The highest BCUT2D eigenvalue weighted by Crippen LogP contribution is 2.18. The molecule has 2 aromatic rings. The zero-order chi connectivity index (χ0) is 11.0. The number of nitrogens with two attached hydrogens (primary N) is 1. The van der Waals surface area contributed by atoms with Gasteiger partial charge in [0.1, 0.15) is 4.99 Å². The first-order chi connectivity index (χ1) is 7.08. The van der Waals surface area contributed by atoms with Crippen molar-refractivity contribution in [2.45, 2.75) is 13.8 Å². The summed E-state index contributed by atoms with van der Waals surface area (Å²) in [5, 5.41) is 1.15. The summed E-state index contributed by atoms with van der Waals surface area (Å²) in [6, 6.07) is 7.97. The number of rotatable bonds is 1. The number of pyridine rings is 1. The predicted octanol–water partition coefficient (Wildman–Crippen LogP) is 2.49. The first-order valence-corrected chi connectivity index (χ1v) is 5.16. The van der Waals surface area contributed by atoms with Crippen molar-refractivity contribution in [2.24, 2.45) is 5.73 Å². The third kappa shape index (κ3) is 1.83. The minimum atomic E-state index is 0.415. The lowest BCUT2D eigenvalue weighted by atomic mass is 10.1. The molecule has 1 heterocycles. The van der Waals surface area contributed by atoms with E-state index in [9.17, 15) is 0 Å². The fourth-order valence-electron chi connectivity index (χ4n) is 1.72. The fourth-order valence-corrected chi connectivity index (χ4v) is 1.85. The molecule has 1 aromatic heterocycles. The van der Waals surface area contributed by atoms with Gasteiger partial charge in [0.05, 0.1) is 5.52 Å². The molecular formula is C12H12N2S. The van der Waals surface area contributed by atoms with E-state index < -0.39 is 0 Å². The molecule has 0 aliphatic heterocycles. The lowest BCUT2D eigenvalue weighted by molar-refractivity contribution is 1.23. The molecule has 76 valence electrons. The maximum absolute atomic E-state index is 5.58. The minimum absolute atomic E-state index is 0.415. The van der Waals surface area contributed by atoms with Crippen LogP contribution in [0.3, 0.4) is 0 Å². The summed E-state index contributed by atoms with van der Waals surface area (Å²) in [6.07, 6.45) is 0. The first kappa shape index (κ1) is 10.1. The largest absolute Gasteiger partial charge is 0.389 e. The van der Waals surface area contributed by atoms with Crippen LogP contribution in [0.15, 0.2) is 24.3 Å². The lowest BCUT2D eigenvalue weighted by Gasteiger charge is -2.05. The number of hydrogen-bond donors (Lipinski definition) is 1. The van der Waals surface area contributed by atoms with E-state index >= 15 is 0 Å². The normalized spacial score (nSPS) is 10.5. The number of benzene rings is 1. The Bertz CT molecular complexity index is 547. The van der Waals surface area contributed by atoms with Crippen molar-refractivity contribution in [1.29, 1.82) is 0 Å². The van der Waals surface area contributed by atoms with Crippen LogP contribution in [0.25, 0.3) is 10.9 Å². The third-order valence-electron chi connectivity index (χ3n) is 2.43. The quantitative estimate of drug-likeness (QED) is 0.744. The van der Waals surface area contributed by atoms with Crippen LogP contribution in [-0.2, 0) is 0 Å². The molecule has 2 N–H and O–H groups in total. The molecule has 0 spiro atoms. The number of aromatic nitrogens is 1. The van der Waals surface area contributed by atoms with Gasteiger partial charge in [-0.3, -0.25) is 4.98 Å². The topological polar surface area (TPSA) is 38.9 Å². The molecular weight excluding hydrogens is 204 g/mol. The fraction of sp³-hybridized carbons (Fsp3) is 0.167. The molecule has 0 aliphatic rings. The smallest absolute Gasteiger partial charge is 0.104 e. The van der Waals surface area contributed by atoms with Gasteiger partial charge in [-0.05, 0) is 31.5 Å². The molecule has 1 aromatic carbocycles. The van der Waals surface area contributed by atoms with Gasteiger partial charge in [-0.1, -0.05) is 24.4 Å². The van der Waals surface area contributed by atoms with E-state index in [0.717, 1.165) is 22.2 Å². The van der Waals surface area contributed by atoms with Gasteiger partial charge in [-0.2, -0.15) is 0 Å². The molecule has 0 aliphatic carbocycles. The molecule has 0 saturated heterocycles. The van der Waals surface area contributed by atoms with E-state index in [2.05, 4.69) is 18.0 Å². The SMILES string of the molecule is Cc1cc(C)c2ccc(C(N)=S)cc2n1. The van der Waals surface area contributed by atoms with E-state index in [1.165, 1.54) is 5.56 Å². The summed E-state index contributed by atoms with van der Waals surface area (Å²) in [4.78, 5) is 4.88. The van der Waals surface area contributed by atoms with Crippen LogP contribution < -0.4 is 5.73 Å². The molecule has 0 fully saturated rings. The molecule has 0 unspecified atom stereocenters. The van der Waals surface area contributed by atoms with Crippen molar-refractivity contribution in [3.8, 4) is 0 Å². The molecule has 0 radical (unpaired) electrons. The Kier molecular flexibility index (Phi) is 2.40. The molecule has 15 heavy (non-hydrogen) atoms. The second kappa shape index (κ2) is 3.59. The Morgan fingerprint density at radius 1 is 1.27 bits per heavy atom. The summed E-state index contributed by atoms with van der Waals surface area (Å²) in [6.45, 7) is 4.07. The number of nitrogens with zero attached hydrogens (tertiary/aromatic N) is 1. The van der Waals surface area contributed by atoms with Crippen LogP contribution in [0.1, 0.15) is 16.8 Å². The maximum Gasteiger partial charge on any atom is 0.104 e. The van der Waals surface area contributed by atoms with Crippen LogP contribution in [0.2, 0.25) is 0 Å². The number of thiocarbonyl (C=S) groups is 1. The van der Waals surface area contributed by atoms with E-state index in [-0.39, 0.29) is 0 Å². The van der Waals surface area contributed by atoms with Crippen LogP contribution in [-0.4, -0.2) is 9.97 Å². The third-order valence-corrected chi connectivity index (χ3v) is 2.66. The lowest BCUT2D eigenvalue weighted by Crippen LogP contribution is -2.09. The van der Waals surface area contributed by atoms with E-state index in [1.807, 2.05) is 25.1 Å². The summed E-state index contributed by atoms with van der Waals surface area (Å²) < 4.78 is 0. The molecule has 2 rings (SSSR count). The standard InChI is InChI=1S/C12H12N2S/c1-7-5-8(2)14-11-6-9(12(13)15)3-4-10(7)11/h3-6H,1-2H3,(H2,13,15). The van der Waals surface area contributed by atoms with Crippen molar-refractivity contribution >= 4 is 28.1 Å². The van der Waals surface area contributed by atoms with Gasteiger partial charge in [-0.15, -0.1) is 0 Å². The van der Waals surface area contributed by atoms with Crippen LogP contribution in [0.4, 0.5) is 0 Å². The van der Waals surface area contributed by atoms with Crippen molar-refractivity contribution in [3.05, 3.63) is 41.1 Å². The van der Waals surface area contributed by atoms with Crippen molar-refractivity contribution in [3.63, 3.8) is 0 Å². The number of aryl methyl sites for hydroxylation is 2. The highest BCUT2D eigenvalue weighted by molar-refractivity contribution is 7.80. The van der Waals surface area contributed by atoms with Gasteiger partial charge in [0.15, 0.2) is 0 Å². The van der Waals surface area contributed by atoms with Gasteiger partial charge in [0.25, 0.3) is 0 Å². The maximum atomic E-state index is 5.58. The predicted molar refractivity (Wildman–Crippen MR) is 67.1 cm³/mol. The van der Waals surface area contributed by atoms with Crippen LogP contribution in [0.5, 0.6) is 0 Å². The van der Waals surface area contributed by atoms with Crippen LogP contribution in [0, 0.1) is 13.8 Å². The molecule has 0 atom stereocenters. The van der Waals surface area contributed by atoms with Crippen molar-refractivity contribution in [1.82, 2.24) is 4.98 Å². The van der Waals surface area contributed by atoms with Gasteiger partial charge >= 0.3 is 0 Å². The Morgan fingerprint density at radius 2 is 2.00 bits per heavy atom. The number of hydrogen-bond acceptors (Lipinski definition) is 2. The monoisotopic (exact) mass is 216 g/mol. The zero-order valence-electron chi connectivity index (χ0n) is 8.74. The summed E-state index contributed by atoms with van der Waals surface area (Å²) in [7, 11) is 0. The van der Waals surface area contributed by atoms with Gasteiger partial charge in [-0.25, -0.2) is 0 Å².